The maximum absolute atomic E-state index is 10.6. The highest BCUT2D eigenvalue weighted by atomic mass is 16.4. The van der Waals surface area contributed by atoms with Crippen LogP contribution >= 0.6 is 0 Å². The molecule has 0 fully saturated rings. The van der Waals surface area contributed by atoms with E-state index in [1.165, 1.54) is 0 Å². The van der Waals surface area contributed by atoms with E-state index in [9.17, 15) is 4.79 Å². The Morgan fingerprint density at radius 3 is 2.82 bits per heavy atom. The van der Waals surface area contributed by atoms with Crippen molar-refractivity contribution in [1.82, 2.24) is 9.97 Å². The minimum absolute atomic E-state index is 0.0767. The molecular formula is C13H14N2O2. The topological polar surface area (TPSA) is 66.0 Å². The summed E-state index contributed by atoms with van der Waals surface area (Å²) in [6.07, 6.45) is -0.0767. The first-order valence-corrected chi connectivity index (χ1v) is 5.40. The number of hydrogen-bond donors (Lipinski definition) is 2. The van der Waals surface area contributed by atoms with Crippen molar-refractivity contribution in [1.29, 1.82) is 0 Å². The largest absolute Gasteiger partial charge is 0.481 e. The van der Waals surface area contributed by atoms with Gasteiger partial charge in [0, 0.05) is 11.3 Å². The Kier molecular flexibility index (Phi) is 2.95. The van der Waals surface area contributed by atoms with Gasteiger partial charge < -0.3 is 10.1 Å². The lowest BCUT2D eigenvalue weighted by atomic mass is 10.1. The lowest BCUT2D eigenvalue weighted by Crippen LogP contribution is -2.01. The van der Waals surface area contributed by atoms with E-state index in [1.54, 1.807) is 0 Å². The molecule has 0 aliphatic heterocycles. The molecule has 88 valence electrons. The molecule has 0 aliphatic rings. The van der Waals surface area contributed by atoms with Crippen LogP contribution in [0.5, 0.6) is 0 Å². The number of benzene rings is 1. The standard InChI is InChI=1S/C13H14N2O2/c1-8-4-3-5-10(6-8)13-9(2)14-11(15-13)7-12(16)17/h3-6H,7H2,1-2H3,(H,14,15)(H,16,17). The lowest BCUT2D eigenvalue weighted by Gasteiger charge is -1.99. The van der Waals surface area contributed by atoms with E-state index in [-0.39, 0.29) is 6.42 Å². The molecular weight excluding hydrogens is 216 g/mol. The molecule has 0 atom stereocenters. The molecule has 1 aromatic carbocycles. The third-order valence-corrected chi connectivity index (χ3v) is 2.54. The zero-order chi connectivity index (χ0) is 12.4. The number of H-pyrrole nitrogens is 1. The normalized spacial score (nSPS) is 10.5. The second-order valence-corrected chi connectivity index (χ2v) is 4.10. The van der Waals surface area contributed by atoms with Crippen LogP contribution in [-0.4, -0.2) is 21.0 Å². The van der Waals surface area contributed by atoms with E-state index >= 15 is 0 Å². The molecule has 2 aromatic rings. The van der Waals surface area contributed by atoms with Gasteiger partial charge in [-0.15, -0.1) is 0 Å². The van der Waals surface area contributed by atoms with Crippen LogP contribution in [0.25, 0.3) is 11.3 Å². The number of hydrogen-bond acceptors (Lipinski definition) is 2. The van der Waals surface area contributed by atoms with E-state index in [2.05, 4.69) is 9.97 Å². The predicted molar refractivity (Wildman–Crippen MR) is 64.8 cm³/mol. The average molecular weight is 230 g/mol. The first-order chi connectivity index (χ1) is 8.06. The van der Waals surface area contributed by atoms with Crippen molar-refractivity contribution in [3.05, 3.63) is 41.3 Å². The Bertz CT molecular complexity index is 558. The lowest BCUT2D eigenvalue weighted by molar-refractivity contribution is -0.136. The number of imidazole rings is 1. The third kappa shape index (κ3) is 2.53. The van der Waals surface area contributed by atoms with Gasteiger partial charge in [-0.2, -0.15) is 0 Å². The van der Waals surface area contributed by atoms with Gasteiger partial charge in [-0.25, -0.2) is 4.98 Å². The molecule has 0 bridgehead atoms. The van der Waals surface area contributed by atoms with Gasteiger partial charge in [-0.05, 0) is 19.9 Å². The van der Waals surface area contributed by atoms with E-state index in [0.717, 1.165) is 22.5 Å². The van der Waals surface area contributed by atoms with Crippen molar-refractivity contribution in [2.75, 3.05) is 0 Å². The van der Waals surface area contributed by atoms with Crippen LogP contribution in [0.1, 0.15) is 17.1 Å². The maximum Gasteiger partial charge on any atom is 0.311 e. The summed E-state index contributed by atoms with van der Waals surface area (Å²) in [6.45, 7) is 3.92. The first-order valence-electron chi connectivity index (χ1n) is 5.40. The summed E-state index contributed by atoms with van der Waals surface area (Å²) in [5, 5.41) is 8.72. The zero-order valence-electron chi connectivity index (χ0n) is 9.82. The number of nitrogens with zero attached hydrogens (tertiary/aromatic N) is 1. The van der Waals surface area contributed by atoms with Gasteiger partial charge in [-0.3, -0.25) is 4.79 Å². The zero-order valence-corrected chi connectivity index (χ0v) is 9.82. The molecule has 0 saturated heterocycles. The third-order valence-electron chi connectivity index (χ3n) is 2.54. The number of rotatable bonds is 3. The van der Waals surface area contributed by atoms with E-state index < -0.39 is 5.97 Å². The van der Waals surface area contributed by atoms with Crippen molar-refractivity contribution in [3.63, 3.8) is 0 Å². The van der Waals surface area contributed by atoms with Crippen LogP contribution in [0.2, 0.25) is 0 Å². The Balaban J connectivity index is 2.39. The number of aliphatic carboxylic acids is 1. The van der Waals surface area contributed by atoms with E-state index in [1.807, 2.05) is 38.1 Å². The fourth-order valence-electron chi connectivity index (χ4n) is 1.82. The fourth-order valence-corrected chi connectivity index (χ4v) is 1.82. The molecule has 2 rings (SSSR count). The molecule has 1 heterocycles. The van der Waals surface area contributed by atoms with Gasteiger partial charge in [-0.1, -0.05) is 23.8 Å². The molecule has 4 heteroatoms. The Hall–Kier alpha value is -2.10. The van der Waals surface area contributed by atoms with Gasteiger partial charge in [0.25, 0.3) is 0 Å². The second kappa shape index (κ2) is 4.41. The molecule has 0 saturated carbocycles. The number of carboxylic acids is 1. The number of aromatic amines is 1. The Morgan fingerprint density at radius 2 is 2.18 bits per heavy atom. The summed E-state index contributed by atoms with van der Waals surface area (Å²) >= 11 is 0. The first kappa shape index (κ1) is 11.4. The molecule has 2 N–H and O–H groups in total. The van der Waals surface area contributed by atoms with Gasteiger partial charge in [0.2, 0.25) is 0 Å². The molecule has 0 spiro atoms. The van der Waals surface area contributed by atoms with E-state index in [4.69, 9.17) is 5.11 Å². The minimum atomic E-state index is -0.880. The number of carboxylic acid groups (broad SMARTS) is 1. The number of nitrogens with one attached hydrogen (secondary N) is 1. The average Bonchev–Trinajstić information content (AvgIpc) is 2.58. The van der Waals surface area contributed by atoms with E-state index in [0.29, 0.717) is 5.82 Å². The Morgan fingerprint density at radius 1 is 1.41 bits per heavy atom. The van der Waals surface area contributed by atoms with Crippen molar-refractivity contribution >= 4 is 5.97 Å². The van der Waals surface area contributed by atoms with Crippen LogP contribution in [0, 0.1) is 13.8 Å². The van der Waals surface area contributed by atoms with Gasteiger partial charge >= 0.3 is 5.97 Å². The molecule has 4 nitrogen and oxygen atoms in total. The molecule has 0 amide bonds. The molecule has 1 aromatic heterocycles. The van der Waals surface area contributed by atoms with Crippen molar-refractivity contribution in [2.45, 2.75) is 20.3 Å². The number of carbonyl (C=O) groups is 1. The highest BCUT2D eigenvalue weighted by Gasteiger charge is 2.11. The maximum atomic E-state index is 10.6. The van der Waals surface area contributed by atoms with Crippen molar-refractivity contribution in [3.8, 4) is 11.3 Å². The number of aromatic nitrogens is 2. The number of aryl methyl sites for hydroxylation is 2. The highest BCUT2D eigenvalue weighted by molar-refractivity contribution is 5.70. The van der Waals surface area contributed by atoms with Crippen molar-refractivity contribution < 1.29 is 9.90 Å². The molecule has 17 heavy (non-hydrogen) atoms. The minimum Gasteiger partial charge on any atom is -0.481 e. The van der Waals surface area contributed by atoms with Crippen LogP contribution in [0.15, 0.2) is 24.3 Å². The Labute approximate surface area is 99.3 Å². The summed E-state index contributed by atoms with van der Waals surface area (Å²) < 4.78 is 0. The summed E-state index contributed by atoms with van der Waals surface area (Å²) in [5.41, 5.74) is 3.89. The van der Waals surface area contributed by atoms with Crippen molar-refractivity contribution in [2.24, 2.45) is 0 Å². The fraction of sp³-hybridized carbons (Fsp3) is 0.231. The highest BCUT2D eigenvalue weighted by Crippen LogP contribution is 2.22. The summed E-state index contributed by atoms with van der Waals surface area (Å²) in [5.74, 6) is -0.388. The predicted octanol–water partition coefficient (Wildman–Crippen LogP) is 2.32. The molecule has 0 unspecified atom stereocenters. The van der Waals surface area contributed by atoms with Crippen LogP contribution in [0.3, 0.4) is 0 Å². The quantitative estimate of drug-likeness (QED) is 0.850. The molecule has 0 aliphatic carbocycles. The monoisotopic (exact) mass is 230 g/mol. The van der Waals surface area contributed by atoms with Crippen LogP contribution < -0.4 is 0 Å². The smallest absolute Gasteiger partial charge is 0.311 e. The van der Waals surface area contributed by atoms with Gasteiger partial charge in [0.05, 0.1) is 5.69 Å². The van der Waals surface area contributed by atoms with Crippen LogP contribution in [-0.2, 0) is 11.2 Å². The van der Waals surface area contributed by atoms with Gasteiger partial charge in [0.1, 0.15) is 12.2 Å². The summed E-state index contributed by atoms with van der Waals surface area (Å²) in [6, 6.07) is 7.99. The summed E-state index contributed by atoms with van der Waals surface area (Å²) in [4.78, 5) is 17.9. The molecule has 0 radical (unpaired) electrons. The van der Waals surface area contributed by atoms with Gasteiger partial charge in [0.15, 0.2) is 0 Å². The van der Waals surface area contributed by atoms with Crippen LogP contribution in [0.4, 0.5) is 0 Å². The summed E-state index contributed by atoms with van der Waals surface area (Å²) in [7, 11) is 0. The SMILES string of the molecule is Cc1cccc(-c2nc(CC(=O)O)[nH]c2C)c1. The second-order valence-electron chi connectivity index (χ2n) is 4.10.